The molecule has 37 heavy (non-hydrogen) atoms. The van der Waals surface area contributed by atoms with E-state index in [2.05, 4.69) is 9.97 Å². The zero-order valence-corrected chi connectivity index (χ0v) is 19.2. The molecule has 1 aliphatic rings. The Labute approximate surface area is 214 Å². The molecule has 3 aromatic carbocycles. The number of carbonyl (C=O) groups excluding carboxylic acids is 2. The second-order valence-corrected chi connectivity index (χ2v) is 8.44. The predicted octanol–water partition coefficient (Wildman–Crippen LogP) is 6.63. The van der Waals surface area contributed by atoms with Crippen molar-refractivity contribution < 1.29 is 19.1 Å². The Morgan fingerprint density at radius 3 is 1.95 bits per heavy atom. The van der Waals surface area contributed by atoms with Crippen LogP contribution in [0.25, 0.3) is 33.0 Å². The molecule has 182 valence electrons. The van der Waals surface area contributed by atoms with Gasteiger partial charge in [0.2, 0.25) is 0 Å². The molecule has 2 heterocycles. The van der Waals surface area contributed by atoms with E-state index in [9.17, 15) is 9.59 Å². The molecular weight excluding hydrogens is 464 g/mol. The first-order chi connectivity index (χ1) is 17.7. The number of esters is 2. The highest BCUT2D eigenvalue weighted by atomic mass is 16.5. The van der Waals surface area contributed by atoms with E-state index in [1.807, 2.05) is 72.8 Å². The van der Waals surface area contributed by atoms with Crippen molar-refractivity contribution in [3.8, 4) is 22.3 Å². The van der Waals surface area contributed by atoms with Gasteiger partial charge in [0.25, 0.3) is 0 Å². The number of rotatable bonds is 6. The molecule has 0 radical (unpaired) electrons. The minimum absolute atomic E-state index is 0. The maximum Gasteiger partial charge on any atom is 0.339 e. The number of carbonyl (C=O) groups is 2. The maximum absolute atomic E-state index is 13.0. The van der Waals surface area contributed by atoms with E-state index in [1.54, 1.807) is 24.5 Å². The van der Waals surface area contributed by atoms with Crippen molar-refractivity contribution in [3.05, 3.63) is 120 Å². The molecule has 0 saturated heterocycles. The predicted molar refractivity (Wildman–Crippen MR) is 142 cm³/mol. The third-order valence-corrected chi connectivity index (χ3v) is 6.25. The number of ether oxygens (including phenoxy) is 2. The molecule has 0 spiro atoms. The summed E-state index contributed by atoms with van der Waals surface area (Å²) in [6.07, 6.45) is 3.33. The van der Waals surface area contributed by atoms with Crippen LogP contribution in [0.3, 0.4) is 0 Å². The van der Waals surface area contributed by atoms with Gasteiger partial charge in [0.1, 0.15) is 13.2 Å². The summed E-state index contributed by atoms with van der Waals surface area (Å²) in [4.78, 5) is 34.1. The zero-order valence-electron chi connectivity index (χ0n) is 19.2. The monoisotopic (exact) mass is 488 g/mol. The summed E-state index contributed by atoms with van der Waals surface area (Å²) in [6, 6.07) is 26.1. The third kappa shape index (κ3) is 4.45. The van der Waals surface area contributed by atoms with Gasteiger partial charge >= 0.3 is 11.9 Å². The van der Waals surface area contributed by atoms with E-state index in [1.165, 1.54) is 0 Å². The highest BCUT2D eigenvalue weighted by Crippen LogP contribution is 2.48. The molecular formula is C31H24N2O4. The molecule has 0 aliphatic heterocycles. The van der Waals surface area contributed by atoms with Crippen LogP contribution in [0, 0.1) is 0 Å². The average Bonchev–Trinajstić information content (AvgIpc) is 3.26. The lowest BCUT2D eigenvalue weighted by Gasteiger charge is -2.09. The van der Waals surface area contributed by atoms with Gasteiger partial charge < -0.3 is 9.47 Å². The number of fused-ring (bicyclic) bond motifs is 3. The van der Waals surface area contributed by atoms with E-state index >= 15 is 0 Å². The van der Waals surface area contributed by atoms with Crippen LogP contribution in [0.5, 0.6) is 0 Å². The summed E-state index contributed by atoms with van der Waals surface area (Å²) in [5.74, 6) is -0.815. The van der Waals surface area contributed by atoms with Gasteiger partial charge in [0, 0.05) is 12.4 Å². The minimum Gasteiger partial charge on any atom is -0.456 e. The molecule has 6 nitrogen and oxygen atoms in total. The molecule has 0 N–H and O–H groups in total. The second kappa shape index (κ2) is 10.0. The molecule has 5 aromatic rings. The van der Waals surface area contributed by atoms with Gasteiger partial charge in [-0.15, -0.1) is 0 Å². The summed E-state index contributed by atoms with van der Waals surface area (Å²) in [7, 11) is 0. The van der Waals surface area contributed by atoms with Crippen LogP contribution >= 0.6 is 0 Å². The molecule has 0 atom stereocenters. The summed E-state index contributed by atoms with van der Waals surface area (Å²) in [6.45, 7) is 0.212. The maximum atomic E-state index is 13.0. The van der Waals surface area contributed by atoms with Gasteiger partial charge in [0.15, 0.2) is 0 Å². The lowest BCUT2D eigenvalue weighted by Crippen LogP contribution is -2.07. The smallest absolute Gasteiger partial charge is 0.339 e. The van der Waals surface area contributed by atoms with E-state index in [-0.39, 0.29) is 20.6 Å². The largest absolute Gasteiger partial charge is 0.456 e. The molecule has 1 aliphatic carbocycles. The first-order valence-electron chi connectivity index (χ1n) is 11.5. The second-order valence-electron chi connectivity index (χ2n) is 8.44. The Morgan fingerprint density at radius 2 is 1.27 bits per heavy atom. The topological polar surface area (TPSA) is 78.4 Å². The fourth-order valence-electron chi connectivity index (χ4n) is 4.57. The van der Waals surface area contributed by atoms with Crippen molar-refractivity contribution in [1.29, 1.82) is 0 Å². The standard InChI is InChI=1S/C30H20N2O4.CH4/c33-29(35-17-20-6-1-3-14-31-20)19-10-11-22-23-8-5-9-24-26(13-12-25(28(23)24)27(22)16-19)30(34)36-18-21-7-2-4-15-32-21;/h1-16H,17-18H2;1H4. The highest BCUT2D eigenvalue weighted by Gasteiger charge is 2.25. The summed E-state index contributed by atoms with van der Waals surface area (Å²) >= 11 is 0. The summed E-state index contributed by atoms with van der Waals surface area (Å²) < 4.78 is 11.0. The van der Waals surface area contributed by atoms with Crippen molar-refractivity contribution in [1.82, 2.24) is 9.97 Å². The van der Waals surface area contributed by atoms with Crippen LogP contribution in [0.2, 0.25) is 0 Å². The Morgan fingerprint density at radius 1 is 0.622 bits per heavy atom. The number of hydrogen-bond donors (Lipinski definition) is 0. The number of pyridine rings is 2. The normalized spacial score (nSPS) is 10.9. The van der Waals surface area contributed by atoms with Crippen molar-refractivity contribution >= 4 is 22.7 Å². The average molecular weight is 489 g/mol. The van der Waals surface area contributed by atoms with Crippen molar-refractivity contribution in [3.63, 3.8) is 0 Å². The van der Waals surface area contributed by atoms with E-state index in [0.717, 1.165) is 33.0 Å². The first-order valence-corrected chi connectivity index (χ1v) is 11.5. The molecule has 2 aromatic heterocycles. The lowest BCUT2D eigenvalue weighted by atomic mass is 9.98. The van der Waals surface area contributed by atoms with Crippen LogP contribution in [0.1, 0.15) is 39.5 Å². The van der Waals surface area contributed by atoms with E-state index in [0.29, 0.717) is 22.5 Å². The molecule has 0 bridgehead atoms. The van der Waals surface area contributed by atoms with Crippen LogP contribution in [0.4, 0.5) is 0 Å². The van der Waals surface area contributed by atoms with Gasteiger partial charge in [-0.25, -0.2) is 9.59 Å². The van der Waals surface area contributed by atoms with Gasteiger partial charge in [-0.1, -0.05) is 49.9 Å². The fraction of sp³-hybridized carbons (Fsp3) is 0.0968. The Hall–Kier alpha value is -4.84. The van der Waals surface area contributed by atoms with Crippen LogP contribution in [-0.2, 0) is 22.7 Å². The summed E-state index contributed by atoms with van der Waals surface area (Å²) in [5.41, 5.74) is 6.26. The van der Waals surface area contributed by atoms with Crippen LogP contribution in [0.15, 0.2) is 97.3 Å². The lowest BCUT2D eigenvalue weighted by molar-refractivity contribution is 0.0460. The number of hydrogen-bond acceptors (Lipinski definition) is 6. The van der Waals surface area contributed by atoms with E-state index in [4.69, 9.17) is 9.47 Å². The number of benzene rings is 3. The van der Waals surface area contributed by atoms with Crippen LogP contribution in [-0.4, -0.2) is 21.9 Å². The Bertz CT molecular complexity index is 1620. The molecule has 0 fully saturated rings. The van der Waals surface area contributed by atoms with Gasteiger partial charge in [-0.3, -0.25) is 9.97 Å². The molecule has 0 saturated carbocycles. The van der Waals surface area contributed by atoms with Crippen molar-refractivity contribution in [2.75, 3.05) is 0 Å². The summed E-state index contributed by atoms with van der Waals surface area (Å²) in [5, 5.41) is 1.78. The molecule has 6 rings (SSSR count). The van der Waals surface area contributed by atoms with Crippen molar-refractivity contribution in [2.24, 2.45) is 0 Å². The van der Waals surface area contributed by atoms with Crippen molar-refractivity contribution in [2.45, 2.75) is 20.6 Å². The fourth-order valence-corrected chi connectivity index (χ4v) is 4.57. The quantitative estimate of drug-likeness (QED) is 0.245. The molecule has 0 unspecified atom stereocenters. The van der Waals surface area contributed by atoms with Gasteiger partial charge in [-0.2, -0.15) is 0 Å². The zero-order chi connectivity index (χ0) is 24.5. The SMILES string of the molecule is C.O=C(OCc1ccccn1)c1ccc2c(c1)-c1ccc(C(=O)OCc3ccccn3)c3cccc-2c13. The Kier molecular flexibility index (Phi) is 6.47. The Balaban J connectivity index is 0.00000280. The molecule has 0 amide bonds. The van der Waals surface area contributed by atoms with Gasteiger partial charge in [0.05, 0.1) is 22.5 Å². The first kappa shape index (κ1) is 23.9. The minimum atomic E-state index is -0.412. The van der Waals surface area contributed by atoms with E-state index < -0.39 is 11.9 Å². The number of aromatic nitrogens is 2. The number of nitrogens with zero attached hydrogens (tertiary/aromatic N) is 2. The molecule has 6 heteroatoms. The third-order valence-electron chi connectivity index (χ3n) is 6.25. The van der Waals surface area contributed by atoms with Gasteiger partial charge in [-0.05, 0) is 75.5 Å². The highest BCUT2D eigenvalue weighted by molar-refractivity contribution is 6.20. The van der Waals surface area contributed by atoms with Crippen LogP contribution < -0.4 is 0 Å².